The summed E-state index contributed by atoms with van der Waals surface area (Å²) in [6.07, 6.45) is 1.37. The second kappa shape index (κ2) is 8.01. The molecule has 126 valence electrons. The Kier molecular flexibility index (Phi) is 5.78. The molecule has 0 aromatic heterocycles. The zero-order chi connectivity index (χ0) is 17.5. The molecule has 2 aromatic rings. The fraction of sp³-hybridized carbons (Fsp3) is 0.222. The lowest BCUT2D eigenvalue weighted by Gasteiger charge is -2.13. The lowest BCUT2D eigenvalue weighted by molar-refractivity contribution is -0.121. The maximum atomic E-state index is 12.0. The number of phenolic OH excluding ortho intramolecular Hbond substituents is 1. The number of benzene rings is 2. The number of amides is 1. The van der Waals surface area contributed by atoms with Crippen LogP contribution in [0.2, 0.25) is 0 Å². The summed E-state index contributed by atoms with van der Waals surface area (Å²) in [5.41, 5.74) is 4.91. The molecule has 3 N–H and O–H groups in total. The number of hydrogen-bond acceptors (Lipinski definition) is 5. The fourth-order valence-electron chi connectivity index (χ4n) is 1.99. The van der Waals surface area contributed by atoms with Crippen molar-refractivity contribution in [1.29, 1.82) is 0 Å². The number of phenols is 1. The van der Waals surface area contributed by atoms with Gasteiger partial charge in [-0.15, -0.1) is 0 Å². The first-order valence-electron chi connectivity index (χ1n) is 7.52. The lowest BCUT2D eigenvalue weighted by atomic mass is 10.2. The maximum Gasteiger partial charge on any atom is 0.262 e. The molecule has 6 heteroatoms. The van der Waals surface area contributed by atoms with Gasteiger partial charge in [-0.05, 0) is 44.2 Å². The molecule has 0 heterocycles. The van der Waals surface area contributed by atoms with Crippen molar-refractivity contribution >= 4 is 17.8 Å². The van der Waals surface area contributed by atoms with Gasteiger partial charge in [0.05, 0.1) is 13.3 Å². The smallest absolute Gasteiger partial charge is 0.262 e. The van der Waals surface area contributed by atoms with Crippen LogP contribution in [0.15, 0.2) is 47.6 Å². The van der Waals surface area contributed by atoms with Gasteiger partial charge in [-0.3, -0.25) is 4.79 Å². The Morgan fingerprint density at radius 2 is 1.96 bits per heavy atom. The van der Waals surface area contributed by atoms with Crippen molar-refractivity contribution in [3.63, 3.8) is 0 Å². The minimum atomic E-state index is -0.455. The molecule has 0 bridgehead atoms. The molecule has 0 saturated carbocycles. The van der Waals surface area contributed by atoms with E-state index in [1.54, 1.807) is 19.1 Å². The minimum absolute atomic E-state index is 0.0552. The van der Waals surface area contributed by atoms with Crippen LogP contribution in [0, 0.1) is 6.92 Å². The molecule has 0 spiro atoms. The Hall–Kier alpha value is -3.02. The van der Waals surface area contributed by atoms with Crippen molar-refractivity contribution in [3.8, 4) is 11.5 Å². The second-order valence-corrected chi connectivity index (χ2v) is 5.39. The summed E-state index contributed by atoms with van der Waals surface area (Å²) in [7, 11) is 1.54. The molecular weight excluding hydrogens is 306 g/mol. The molecule has 1 atom stereocenters. The van der Waals surface area contributed by atoms with Crippen LogP contribution in [0.25, 0.3) is 0 Å². The third kappa shape index (κ3) is 4.74. The van der Waals surface area contributed by atoms with E-state index in [1.807, 2.05) is 31.2 Å². The first-order chi connectivity index (χ1) is 11.5. The number of nitrogens with zero attached hydrogens (tertiary/aromatic N) is 1. The number of anilines is 1. The summed E-state index contributed by atoms with van der Waals surface area (Å²) in [6.45, 7) is 3.75. The van der Waals surface area contributed by atoms with Crippen LogP contribution in [0.5, 0.6) is 11.5 Å². The topological polar surface area (TPSA) is 83.0 Å². The molecule has 0 saturated heterocycles. The second-order valence-electron chi connectivity index (χ2n) is 5.39. The highest BCUT2D eigenvalue weighted by Gasteiger charge is 2.11. The molecule has 1 amide bonds. The molecule has 0 aliphatic rings. The van der Waals surface area contributed by atoms with E-state index in [0.29, 0.717) is 11.3 Å². The van der Waals surface area contributed by atoms with Crippen molar-refractivity contribution in [2.45, 2.75) is 19.9 Å². The Labute approximate surface area is 141 Å². The largest absolute Gasteiger partial charge is 0.507 e. The van der Waals surface area contributed by atoms with Crippen molar-refractivity contribution in [2.75, 3.05) is 12.4 Å². The summed E-state index contributed by atoms with van der Waals surface area (Å²) in [4.78, 5) is 12.0. The summed E-state index contributed by atoms with van der Waals surface area (Å²) in [6, 6.07) is 12.1. The number of nitrogens with one attached hydrogen (secondary N) is 2. The van der Waals surface area contributed by atoms with Gasteiger partial charge in [-0.1, -0.05) is 17.7 Å². The number of carbonyl (C=O) groups is 1. The van der Waals surface area contributed by atoms with Crippen LogP contribution in [-0.4, -0.2) is 30.4 Å². The predicted octanol–water partition coefficient (Wildman–Crippen LogP) is 2.66. The highest BCUT2D eigenvalue weighted by Crippen LogP contribution is 2.20. The normalized spacial score (nSPS) is 12.0. The minimum Gasteiger partial charge on any atom is -0.507 e. The molecule has 24 heavy (non-hydrogen) atoms. The van der Waals surface area contributed by atoms with Gasteiger partial charge in [0.15, 0.2) is 0 Å². The summed E-state index contributed by atoms with van der Waals surface area (Å²) in [5.74, 6) is 0.365. The summed E-state index contributed by atoms with van der Waals surface area (Å²) in [5, 5.41) is 16.7. The van der Waals surface area contributed by atoms with E-state index >= 15 is 0 Å². The first kappa shape index (κ1) is 17.3. The third-order valence-electron chi connectivity index (χ3n) is 3.44. The number of carbonyl (C=O) groups excluding carboxylic acids is 1. The number of aromatic hydroxyl groups is 1. The van der Waals surface area contributed by atoms with Gasteiger partial charge in [0, 0.05) is 11.3 Å². The molecule has 0 unspecified atom stereocenters. The highest BCUT2D eigenvalue weighted by molar-refractivity contribution is 5.88. The van der Waals surface area contributed by atoms with Crippen LogP contribution in [0.3, 0.4) is 0 Å². The Balaban J connectivity index is 1.93. The Bertz CT molecular complexity index is 727. The standard InChI is InChI=1S/C18H21N3O3/c1-12-4-6-15(7-5-12)20-13(2)18(23)21-19-11-14-10-16(24-3)8-9-17(14)22/h4-11,13,20,22H,1-3H3,(H,21,23)/t13-/m0/s1. The van der Waals surface area contributed by atoms with Gasteiger partial charge in [-0.2, -0.15) is 5.10 Å². The summed E-state index contributed by atoms with van der Waals surface area (Å²) >= 11 is 0. The quantitative estimate of drug-likeness (QED) is 0.563. The predicted molar refractivity (Wildman–Crippen MR) is 94.7 cm³/mol. The van der Waals surface area contributed by atoms with Gasteiger partial charge in [0.2, 0.25) is 0 Å². The van der Waals surface area contributed by atoms with E-state index in [1.165, 1.54) is 19.4 Å². The van der Waals surface area contributed by atoms with Crippen LogP contribution in [0.4, 0.5) is 5.69 Å². The Morgan fingerprint density at radius 1 is 1.25 bits per heavy atom. The molecule has 0 aliphatic heterocycles. The number of rotatable bonds is 6. The number of ether oxygens (including phenoxy) is 1. The van der Waals surface area contributed by atoms with E-state index < -0.39 is 6.04 Å². The number of aryl methyl sites for hydroxylation is 1. The monoisotopic (exact) mass is 327 g/mol. The zero-order valence-corrected chi connectivity index (χ0v) is 13.9. The van der Waals surface area contributed by atoms with Crippen molar-refractivity contribution in [3.05, 3.63) is 53.6 Å². The molecule has 0 fully saturated rings. The van der Waals surface area contributed by atoms with Crippen molar-refractivity contribution in [1.82, 2.24) is 5.43 Å². The average Bonchev–Trinajstić information content (AvgIpc) is 2.58. The van der Waals surface area contributed by atoms with Crippen LogP contribution in [-0.2, 0) is 4.79 Å². The van der Waals surface area contributed by atoms with Crippen LogP contribution < -0.4 is 15.5 Å². The zero-order valence-electron chi connectivity index (χ0n) is 13.9. The first-order valence-corrected chi connectivity index (χ1v) is 7.52. The van der Waals surface area contributed by atoms with Crippen LogP contribution in [0.1, 0.15) is 18.1 Å². The maximum absolute atomic E-state index is 12.0. The third-order valence-corrected chi connectivity index (χ3v) is 3.44. The Morgan fingerprint density at radius 3 is 2.62 bits per heavy atom. The van der Waals surface area contributed by atoms with Gasteiger partial charge >= 0.3 is 0 Å². The number of hydrogen-bond donors (Lipinski definition) is 3. The SMILES string of the molecule is COc1ccc(O)c(C=NNC(=O)[C@H](C)Nc2ccc(C)cc2)c1. The van der Waals surface area contributed by atoms with E-state index in [9.17, 15) is 9.90 Å². The van der Waals surface area contributed by atoms with E-state index in [4.69, 9.17) is 4.74 Å². The van der Waals surface area contributed by atoms with Crippen molar-refractivity contribution in [2.24, 2.45) is 5.10 Å². The van der Waals surface area contributed by atoms with Gasteiger partial charge in [0.1, 0.15) is 17.5 Å². The lowest BCUT2D eigenvalue weighted by Crippen LogP contribution is -2.34. The summed E-state index contributed by atoms with van der Waals surface area (Å²) < 4.78 is 5.08. The molecular formula is C18H21N3O3. The van der Waals surface area contributed by atoms with Gasteiger partial charge in [-0.25, -0.2) is 5.43 Å². The highest BCUT2D eigenvalue weighted by atomic mass is 16.5. The fourth-order valence-corrected chi connectivity index (χ4v) is 1.99. The van der Waals surface area contributed by atoms with E-state index in [2.05, 4.69) is 15.8 Å². The number of hydrazone groups is 1. The molecule has 2 rings (SSSR count). The molecule has 6 nitrogen and oxygen atoms in total. The van der Waals surface area contributed by atoms with E-state index in [-0.39, 0.29) is 11.7 Å². The van der Waals surface area contributed by atoms with Crippen LogP contribution >= 0.6 is 0 Å². The van der Waals surface area contributed by atoms with Gasteiger partial charge in [0.25, 0.3) is 5.91 Å². The molecule has 0 aliphatic carbocycles. The molecule has 0 radical (unpaired) electrons. The molecule has 2 aromatic carbocycles. The number of methoxy groups -OCH3 is 1. The van der Waals surface area contributed by atoms with Gasteiger partial charge < -0.3 is 15.2 Å². The van der Waals surface area contributed by atoms with E-state index in [0.717, 1.165) is 11.3 Å². The average molecular weight is 327 g/mol. The van der Waals surface area contributed by atoms with Crippen molar-refractivity contribution < 1.29 is 14.6 Å².